The fourth-order valence-corrected chi connectivity index (χ4v) is 4.58. The van der Waals surface area contributed by atoms with Crippen LogP contribution in [0.25, 0.3) is 0 Å². The lowest BCUT2D eigenvalue weighted by Gasteiger charge is -2.20. The maximum Gasteiger partial charge on any atom is 0.264 e. The number of anilines is 3. The summed E-state index contributed by atoms with van der Waals surface area (Å²) in [6.07, 6.45) is 2.91. The smallest absolute Gasteiger partial charge is 0.264 e. The van der Waals surface area contributed by atoms with E-state index in [4.69, 9.17) is 4.74 Å². The van der Waals surface area contributed by atoms with E-state index in [2.05, 4.69) is 20.0 Å². The van der Waals surface area contributed by atoms with Crippen molar-refractivity contribution in [2.45, 2.75) is 18.2 Å². The predicted octanol–water partition coefficient (Wildman–Crippen LogP) is 2.59. The van der Waals surface area contributed by atoms with E-state index in [-0.39, 0.29) is 35.6 Å². The summed E-state index contributed by atoms with van der Waals surface area (Å²) in [4.78, 5) is 34.7. The summed E-state index contributed by atoms with van der Waals surface area (Å²) in [5, 5.41) is 2.76. The van der Waals surface area contributed by atoms with E-state index in [1.807, 2.05) is 19.1 Å². The number of amides is 2. The molecule has 1 fully saturated rings. The predicted molar refractivity (Wildman–Crippen MR) is 126 cm³/mol. The zero-order valence-electron chi connectivity index (χ0n) is 18.6. The molecule has 3 aromatic rings. The summed E-state index contributed by atoms with van der Waals surface area (Å²) in [5.74, 6) is -0.529. The Balaban J connectivity index is 1.42. The number of aryl methyl sites for hydroxylation is 1. The van der Waals surface area contributed by atoms with Crippen LogP contribution in [0.15, 0.2) is 65.8 Å². The molecule has 1 aromatic heterocycles. The zero-order valence-corrected chi connectivity index (χ0v) is 19.4. The second kappa shape index (κ2) is 9.48. The maximum atomic E-state index is 12.8. The molecule has 1 atom stereocenters. The summed E-state index contributed by atoms with van der Waals surface area (Å²) in [6, 6.07) is 12.8. The van der Waals surface area contributed by atoms with Crippen molar-refractivity contribution in [3.63, 3.8) is 0 Å². The third kappa shape index (κ3) is 4.99. The van der Waals surface area contributed by atoms with Crippen LogP contribution in [-0.2, 0) is 19.6 Å². The molecule has 0 bridgehead atoms. The molecule has 10 nitrogen and oxygen atoms in total. The largest absolute Gasteiger partial charge is 0.495 e. The highest BCUT2D eigenvalue weighted by Crippen LogP contribution is 2.34. The van der Waals surface area contributed by atoms with E-state index in [9.17, 15) is 18.0 Å². The molecule has 0 aliphatic carbocycles. The van der Waals surface area contributed by atoms with Crippen LogP contribution in [0.2, 0.25) is 0 Å². The minimum absolute atomic E-state index is 0.00767. The first kappa shape index (κ1) is 23.2. The van der Waals surface area contributed by atoms with Crippen LogP contribution in [0.3, 0.4) is 0 Å². The molecule has 1 aliphatic rings. The number of carbonyl (C=O) groups excluding carboxylic acids is 2. The third-order valence-electron chi connectivity index (χ3n) is 5.34. The van der Waals surface area contributed by atoms with Crippen LogP contribution in [0.1, 0.15) is 12.0 Å². The lowest BCUT2D eigenvalue weighted by molar-refractivity contribution is -0.122. The highest BCUT2D eigenvalue weighted by molar-refractivity contribution is 7.92. The van der Waals surface area contributed by atoms with Crippen molar-refractivity contribution < 1.29 is 22.7 Å². The van der Waals surface area contributed by atoms with Crippen molar-refractivity contribution in [2.75, 3.05) is 28.6 Å². The van der Waals surface area contributed by atoms with Crippen LogP contribution in [0.4, 0.5) is 17.3 Å². The number of nitrogens with zero attached hydrogens (tertiary/aromatic N) is 3. The van der Waals surface area contributed by atoms with Gasteiger partial charge in [-0.25, -0.2) is 23.1 Å². The fourth-order valence-electron chi connectivity index (χ4n) is 3.62. The van der Waals surface area contributed by atoms with Crippen LogP contribution >= 0.6 is 0 Å². The Labute approximate surface area is 197 Å². The molecular formula is C23H23N5O5S. The number of benzene rings is 2. The first-order valence-electron chi connectivity index (χ1n) is 10.4. The Morgan fingerprint density at radius 1 is 1.12 bits per heavy atom. The lowest BCUT2D eigenvalue weighted by atomic mass is 10.1. The quantitative estimate of drug-likeness (QED) is 0.530. The highest BCUT2D eigenvalue weighted by atomic mass is 32.2. The molecule has 0 saturated carbocycles. The number of aromatic nitrogens is 2. The maximum absolute atomic E-state index is 12.8. The monoisotopic (exact) mass is 481 g/mol. The van der Waals surface area contributed by atoms with Gasteiger partial charge in [-0.05, 0) is 55.0 Å². The third-order valence-corrected chi connectivity index (χ3v) is 6.69. The van der Waals surface area contributed by atoms with Gasteiger partial charge in [0.05, 0.1) is 23.6 Å². The molecule has 2 heterocycles. The topological polar surface area (TPSA) is 131 Å². The van der Waals surface area contributed by atoms with Crippen molar-refractivity contribution in [1.29, 1.82) is 0 Å². The van der Waals surface area contributed by atoms with Gasteiger partial charge in [-0.3, -0.25) is 9.59 Å². The van der Waals surface area contributed by atoms with Gasteiger partial charge in [0.2, 0.25) is 17.8 Å². The second-order valence-electron chi connectivity index (χ2n) is 7.77. The molecule has 11 heteroatoms. The zero-order chi connectivity index (χ0) is 24.3. The van der Waals surface area contributed by atoms with Crippen molar-refractivity contribution in [1.82, 2.24) is 9.97 Å². The molecule has 1 aliphatic heterocycles. The van der Waals surface area contributed by atoms with Gasteiger partial charge in [-0.2, -0.15) is 0 Å². The molecule has 2 aromatic carbocycles. The Morgan fingerprint density at radius 2 is 1.82 bits per heavy atom. The van der Waals surface area contributed by atoms with E-state index < -0.39 is 15.9 Å². The van der Waals surface area contributed by atoms with Crippen LogP contribution in [0, 0.1) is 12.8 Å². The van der Waals surface area contributed by atoms with Gasteiger partial charge in [-0.1, -0.05) is 6.07 Å². The van der Waals surface area contributed by atoms with Crippen molar-refractivity contribution in [3.8, 4) is 5.75 Å². The normalized spacial score (nSPS) is 15.8. The Morgan fingerprint density at radius 3 is 2.50 bits per heavy atom. The number of hydrogen-bond donors (Lipinski definition) is 2. The molecule has 34 heavy (non-hydrogen) atoms. The Hall–Kier alpha value is -3.99. The number of ether oxygens (including phenoxy) is 1. The molecule has 2 N–H and O–H groups in total. The number of sulfonamides is 1. The average molecular weight is 482 g/mol. The second-order valence-corrected chi connectivity index (χ2v) is 9.45. The van der Waals surface area contributed by atoms with Gasteiger partial charge in [0.25, 0.3) is 10.0 Å². The van der Waals surface area contributed by atoms with Gasteiger partial charge < -0.3 is 15.0 Å². The lowest BCUT2D eigenvalue weighted by Crippen LogP contribution is -2.28. The van der Waals surface area contributed by atoms with E-state index in [0.29, 0.717) is 17.1 Å². The minimum Gasteiger partial charge on any atom is -0.495 e. The number of hydrogen-bond acceptors (Lipinski definition) is 7. The average Bonchev–Trinajstić information content (AvgIpc) is 3.21. The number of rotatable bonds is 7. The van der Waals surface area contributed by atoms with Gasteiger partial charge >= 0.3 is 0 Å². The van der Waals surface area contributed by atoms with Gasteiger partial charge in [0, 0.05) is 31.0 Å². The first-order valence-corrected chi connectivity index (χ1v) is 11.9. The Bertz CT molecular complexity index is 1310. The van der Waals surface area contributed by atoms with Crippen molar-refractivity contribution in [3.05, 3.63) is 66.5 Å². The van der Waals surface area contributed by atoms with Crippen LogP contribution < -0.4 is 19.7 Å². The number of methoxy groups -OCH3 is 1. The minimum atomic E-state index is -3.88. The van der Waals surface area contributed by atoms with E-state index in [1.54, 1.807) is 17.0 Å². The fraction of sp³-hybridized carbons (Fsp3) is 0.217. The molecule has 4 rings (SSSR count). The van der Waals surface area contributed by atoms with Crippen LogP contribution in [0.5, 0.6) is 5.75 Å². The molecule has 0 spiro atoms. The van der Waals surface area contributed by atoms with Gasteiger partial charge in [0.15, 0.2) is 0 Å². The Kier molecular flexibility index (Phi) is 6.46. The molecular weight excluding hydrogens is 458 g/mol. The summed E-state index contributed by atoms with van der Waals surface area (Å²) >= 11 is 0. The molecule has 176 valence electrons. The molecule has 1 saturated heterocycles. The van der Waals surface area contributed by atoms with Crippen molar-refractivity contribution in [2.24, 2.45) is 5.92 Å². The molecule has 2 amide bonds. The molecule has 0 radical (unpaired) electrons. The SMILES string of the molecule is COc1ccc(C)cc1N1C[C@@H](C(=O)Nc2ccc(S(=O)(=O)Nc3ncccn3)cc2)CC1=O. The van der Waals surface area contributed by atoms with Crippen molar-refractivity contribution >= 4 is 39.2 Å². The summed E-state index contributed by atoms with van der Waals surface area (Å²) in [7, 11) is -2.35. The summed E-state index contributed by atoms with van der Waals surface area (Å²) in [6.45, 7) is 2.14. The standard InChI is InChI=1S/C23H23N5O5S/c1-15-4-9-20(33-2)19(12-15)28-14-16(13-21(28)29)22(30)26-17-5-7-18(8-6-17)34(31,32)27-23-24-10-3-11-25-23/h3-12,16H,13-14H2,1-2H3,(H,26,30)(H,24,25,27)/t16-/m0/s1. The number of carbonyl (C=O) groups is 2. The van der Waals surface area contributed by atoms with Gasteiger partial charge in [-0.15, -0.1) is 0 Å². The van der Waals surface area contributed by atoms with E-state index in [1.165, 1.54) is 43.8 Å². The highest BCUT2D eigenvalue weighted by Gasteiger charge is 2.36. The number of nitrogens with one attached hydrogen (secondary N) is 2. The van der Waals surface area contributed by atoms with E-state index >= 15 is 0 Å². The summed E-state index contributed by atoms with van der Waals surface area (Å²) in [5.41, 5.74) is 2.02. The van der Waals surface area contributed by atoms with Crippen LogP contribution in [-0.4, -0.2) is 43.9 Å². The summed E-state index contributed by atoms with van der Waals surface area (Å²) < 4.78 is 32.7. The van der Waals surface area contributed by atoms with E-state index in [0.717, 1.165) is 5.56 Å². The van der Waals surface area contributed by atoms with Gasteiger partial charge in [0.1, 0.15) is 5.75 Å². The molecule has 0 unspecified atom stereocenters. The first-order chi connectivity index (χ1) is 16.3.